The molecule has 0 atom stereocenters. The number of piperidine rings is 1. The fourth-order valence-corrected chi connectivity index (χ4v) is 4.42. The van der Waals surface area contributed by atoms with Gasteiger partial charge in [0.15, 0.2) is 5.96 Å². The maximum Gasteiger partial charge on any atom is 0.191 e. The summed E-state index contributed by atoms with van der Waals surface area (Å²) >= 11 is 0. The van der Waals surface area contributed by atoms with Gasteiger partial charge in [0.2, 0.25) is 0 Å². The van der Waals surface area contributed by atoms with Crippen LogP contribution >= 0.6 is 24.0 Å². The maximum atomic E-state index is 4.80. The molecule has 28 heavy (non-hydrogen) atoms. The zero-order chi connectivity index (χ0) is 18.9. The summed E-state index contributed by atoms with van der Waals surface area (Å²) in [5.74, 6) is 2.09. The Bertz CT molecular complexity index is 573. The lowest BCUT2D eigenvalue weighted by Gasteiger charge is -2.36. The fourth-order valence-electron chi connectivity index (χ4n) is 4.42. The Morgan fingerprint density at radius 2 is 1.93 bits per heavy atom. The molecule has 0 radical (unpaired) electrons. The smallest absolute Gasteiger partial charge is 0.191 e. The van der Waals surface area contributed by atoms with Crippen LogP contribution in [0.1, 0.15) is 64.1 Å². The summed E-state index contributed by atoms with van der Waals surface area (Å²) < 4.78 is 2.21. The van der Waals surface area contributed by atoms with E-state index in [2.05, 4.69) is 45.1 Å². The third-order valence-corrected chi connectivity index (χ3v) is 6.06. The molecule has 1 saturated carbocycles. The molecular formula is C21H39IN6. The fraction of sp³-hybridized carbons (Fsp3) is 0.810. The van der Waals surface area contributed by atoms with Gasteiger partial charge < -0.3 is 20.1 Å². The molecule has 160 valence electrons. The van der Waals surface area contributed by atoms with E-state index in [0.717, 1.165) is 50.3 Å². The van der Waals surface area contributed by atoms with Gasteiger partial charge in [0.05, 0.1) is 0 Å². The number of nitrogens with zero attached hydrogens (tertiary/aromatic N) is 4. The average molecular weight is 502 g/mol. The van der Waals surface area contributed by atoms with Crippen molar-refractivity contribution in [1.29, 1.82) is 0 Å². The van der Waals surface area contributed by atoms with E-state index in [-0.39, 0.29) is 24.0 Å². The number of imidazole rings is 1. The monoisotopic (exact) mass is 502 g/mol. The Hall–Kier alpha value is -0.830. The highest BCUT2D eigenvalue weighted by atomic mass is 127. The van der Waals surface area contributed by atoms with Crippen LogP contribution in [0.2, 0.25) is 0 Å². The molecule has 1 aromatic heterocycles. The predicted molar refractivity (Wildman–Crippen MR) is 128 cm³/mol. The van der Waals surface area contributed by atoms with Gasteiger partial charge in [0, 0.05) is 57.2 Å². The summed E-state index contributed by atoms with van der Waals surface area (Å²) in [4.78, 5) is 11.8. The molecule has 2 N–H and O–H groups in total. The van der Waals surface area contributed by atoms with Crippen molar-refractivity contribution >= 4 is 29.9 Å². The first-order chi connectivity index (χ1) is 13.3. The largest absolute Gasteiger partial charge is 0.357 e. The van der Waals surface area contributed by atoms with Gasteiger partial charge in [0.25, 0.3) is 0 Å². The quantitative estimate of drug-likeness (QED) is 0.247. The Balaban J connectivity index is 0.00000280. The SMILES string of the molecule is CCNC(=NCCCCn1ccnc1C)NC1CCN(C2CCCC2)CC1.I. The van der Waals surface area contributed by atoms with Crippen LogP contribution < -0.4 is 10.6 Å². The number of guanidine groups is 1. The van der Waals surface area contributed by atoms with Gasteiger partial charge in [-0.1, -0.05) is 12.8 Å². The summed E-state index contributed by atoms with van der Waals surface area (Å²) in [7, 11) is 0. The molecule has 1 aromatic rings. The Morgan fingerprint density at radius 3 is 2.57 bits per heavy atom. The highest BCUT2D eigenvalue weighted by Gasteiger charge is 2.27. The molecule has 1 aliphatic carbocycles. The van der Waals surface area contributed by atoms with Crippen LogP contribution in [0.4, 0.5) is 0 Å². The Kier molecular flexibility index (Phi) is 10.6. The number of hydrogen-bond donors (Lipinski definition) is 2. The van der Waals surface area contributed by atoms with E-state index in [0.29, 0.717) is 6.04 Å². The number of aryl methyl sites for hydroxylation is 2. The molecule has 0 unspecified atom stereocenters. The van der Waals surface area contributed by atoms with Crippen molar-refractivity contribution in [2.45, 2.75) is 83.8 Å². The number of unbranched alkanes of at least 4 members (excludes halogenated alkanes) is 1. The minimum Gasteiger partial charge on any atom is -0.357 e. The third-order valence-electron chi connectivity index (χ3n) is 6.06. The molecule has 0 bridgehead atoms. The van der Waals surface area contributed by atoms with Crippen molar-refractivity contribution in [3.8, 4) is 0 Å². The van der Waals surface area contributed by atoms with Gasteiger partial charge >= 0.3 is 0 Å². The zero-order valence-corrected chi connectivity index (χ0v) is 20.0. The van der Waals surface area contributed by atoms with E-state index in [1.807, 2.05) is 6.20 Å². The van der Waals surface area contributed by atoms with Crippen LogP contribution in [0.5, 0.6) is 0 Å². The van der Waals surface area contributed by atoms with E-state index in [1.165, 1.54) is 51.6 Å². The molecule has 0 aromatic carbocycles. The molecule has 2 aliphatic rings. The molecule has 0 spiro atoms. The molecule has 6 nitrogen and oxygen atoms in total. The van der Waals surface area contributed by atoms with E-state index >= 15 is 0 Å². The number of nitrogens with one attached hydrogen (secondary N) is 2. The first-order valence-corrected chi connectivity index (χ1v) is 11.0. The summed E-state index contributed by atoms with van der Waals surface area (Å²) in [5.41, 5.74) is 0. The second-order valence-electron chi connectivity index (χ2n) is 8.03. The van der Waals surface area contributed by atoms with Crippen molar-refractivity contribution in [2.24, 2.45) is 4.99 Å². The maximum absolute atomic E-state index is 4.80. The lowest BCUT2D eigenvalue weighted by molar-refractivity contribution is 0.150. The summed E-state index contributed by atoms with van der Waals surface area (Å²) in [6.07, 6.45) is 14.3. The van der Waals surface area contributed by atoms with E-state index < -0.39 is 0 Å². The molecule has 2 fully saturated rings. The lowest BCUT2D eigenvalue weighted by Crippen LogP contribution is -2.50. The van der Waals surface area contributed by atoms with Crippen LogP contribution in [-0.2, 0) is 6.54 Å². The molecule has 0 amide bonds. The van der Waals surface area contributed by atoms with Crippen LogP contribution in [0.25, 0.3) is 0 Å². The second-order valence-corrected chi connectivity index (χ2v) is 8.03. The third kappa shape index (κ3) is 7.21. The number of hydrogen-bond acceptors (Lipinski definition) is 3. The minimum absolute atomic E-state index is 0. The van der Waals surface area contributed by atoms with Gasteiger partial charge in [-0.15, -0.1) is 24.0 Å². The lowest BCUT2D eigenvalue weighted by atomic mass is 10.0. The van der Waals surface area contributed by atoms with Gasteiger partial charge in [-0.05, 0) is 52.4 Å². The Labute approximate surface area is 188 Å². The zero-order valence-electron chi connectivity index (χ0n) is 17.7. The molecule has 2 heterocycles. The number of halogens is 1. The first-order valence-electron chi connectivity index (χ1n) is 11.0. The summed E-state index contributed by atoms with van der Waals surface area (Å²) in [6, 6.07) is 1.43. The molecule has 7 heteroatoms. The molecule has 3 rings (SSSR count). The predicted octanol–water partition coefficient (Wildman–Crippen LogP) is 3.55. The van der Waals surface area contributed by atoms with Crippen molar-refractivity contribution in [2.75, 3.05) is 26.2 Å². The van der Waals surface area contributed by atoms with Gasteiger partial charge in [-0.3, -0.25) is 4.99 Å². The van der Waals surface area contributed by atoms with Gasteiger partial charge in [-0.2, -0.15) is 0 Å². The van der Waals surface area contributed by atoms with Gasteiger partial charge in [-0.25, -0.2) is 4.98 Å². The minimum atomic E-state index is 0. The van der Waals surface area contributed by atoms with Crippen LogP contribution in [0.15, 0.2) is 17.4 Å². The van der Waals surface area contributed by atoms with E-state index in [1.54, 1.807) is 0 Å². The van der Waals surface area contributed by atoms with E-state index in [4.69, 9.17) is 4.99 Å². The van der Waals surface area contributed by atoms with E-state index in [9.17, 15) is 0 Å². The molecule has 1 saturated heterocycles. The van der Waals surface area contributed by atoms with Crippen LogP contribution in [0, 0.1) is 6.92 Å². The molecule has 1 aliphatic heterocycles. The normalized spacial score (nSPS) is 19.6. The van der Waals surface area contributed by atoms with Crippen molar-refractivity contribution in [1.82, 2.24) is 25.1 Å². The summed E-state index contributed by atoms with van der Waals surface area (Å²) in [6.45, 7) is 9.51. The van der Waals surface area contributed by atoms with Crippen molar-refractivity contribution in [3.63, 3.8) is 0 Å². The number of aliphatic imine (C=N–C) groups is 1. The second kappa shape index (κ2) is 12.7. The molecular weight excluding hydrogens is 463 g/mol. The topological polar surface area (TPSA) is 57.5 Å². The van der Waals surface area contributed by atoms with Crippen LogP contribution in [0.3, 0.4) is 0 Å². The number of likely N-dealkylation sites (tertiary alicyclic amines) is 1. The highest BCUT2D eigenvalue weighted by Crippen LogP contribution is 2.26. The Morgan fingerprint density at radius 1 is 1.18 bits per heavy atom. The number of rotatable bonds is 8. The first kappa shape index (κ1) is 23.4. The summed E-state index contributed by atoms with van der Waals surface area (Å²) in [5, 5.41) is 7.10. The highest BCUT2D eigenvalue weighted by molar-refractivity contribution is 14.0. The number of aromatic nitrogens is 2. The van der Waals surface area contributed by atoms with Crippen molar-refractivity contribution < 1.29 is 0 Å². The van der Waals surface area contributed by atoms with Crippen molar-refractivity contribution in [3.05, 3.63) is 18.2 Å². The standard InChI is InChI=1S/C21H38N6.HI/c1-3-22-21(24-12-6-7-14-26-17-13-23-18(26)2)25-19-10-15-27(16-11-19)20-8-4-5-9-20;/h13,17,19-20H,3-12,14-16H2,1-2H3,(H2,22,24,25);1H. The van der Waals surface area contributed by atoms with Gasteiger partial charge in [0.1, 0.15) is 5.82 Å². The van der Waals surface area contributed by atoms with Crippen LogP contribution in [-0.4, -0.2) is 58.7 Å². The average Bonchev–Trinajstić information content (AvgIpc) is 3.34.